The van der Waals surface area contributed by atoms with E-state index in [-0.39, 0.29) is 22.8 Å². The van der Waals surface area contributed by atoms with Crippen LogP contribution in [0, 0.1) is 5.41 Å². The highest BCUT2D eigenvalue weighted by Crippen LogP contribution is 2.31. The number of carbonyl (C=O) groups is 1. The third-order valence-electron chi connectivity index (χ3n) is 4.55. The van der Waals surface area contributed by atoms with E-state index in [1.165, 1.54) is 18.2 Å². The van der Waals surface area contributed by atoms with Gasteiger partial charge in [-0.3, -0.25) is 5.41 Å². The van der Waals surface area contributed by atoms with Crippen LogP contribution in [-0.2, 0) is 10.5 Å². The zero-order valence-corrected chi connectivity index (χ0v) is 20.1. The molecule has 0 aliphatic rings. The van der Waals surface area contributed by atoms with Gasteiger partial charge in [-0.2, -0.15) is 8.42 Å². The average Bonchev–Trinajstić information content (AvgIpc) is 2.80. The number of benzene rings is 4. The average molecular weight is 530 g/mol. The van der Waals surface area contributed by atoms with Gasteiger partial charge >= 0.3 is 16.5 Å². The molecule has 0 saturated carbocycles. The summed E-state index contributed by atoms with van der Waals surface area (Å²) in [6, 6.07) is 21.2. The fraction of sp³-hybridized carbons (Fsp3) is 0. The highest BCUT2D eigenvalue weighted by atomic mass is 35.5. The number of hydrogen-bond acceptors (Lipinski definition) is 6. The highest BCUT2D eigenvalue weighted by Gasteiger charge is 2.14. The second kappa shape index (κ2) is 11.5. The van der Waals surface area contributed by atoms with E-state index >= 15 is 0 Å². The summed E-state index contributed by atoms with van der Waals surface area (Å²) in [5.41, 5.74) is 5.99. The number of rotatable bonds is 5. The minimum Gasteiger partial charge on any atom is -0.478 e. The van der Waals surface area contributed by atoms with Gasteiger partial charge in [0, 0.05) is 11.6 Å². The number of carboxylic acid groups (broad SMARTS) is 1. The smallest absolute Gasteiger partial charge is 0.339 e. The van der Waals surface area contributed by atoms with Crippen LogP contribution in [0.3, 0.4) is 0 Å². The molecule has 178 valence electrons. The first-order valence-electron chi connectivity index (χ1n) is 9.78. The number of aromatic carboxylic acids is 1. The first kappa shape index (κ1) is 25.7. The lowest BCUT2D eigenvalue weighted by Crippen LogP contribution is -2.10. The lowest BCUT2D eigenvalue weighted by molar-refractivity contribution is 0.0694. The first-order valence-corrected chi connectivity index (χ1v) is 11.6. The van der Waals surface area contributed by atoms with Gasteiger partial charge in [0.1, 0.15) is 22.9 Å². The highest BCUT2D eigenvalue weighted by molar-refractivity contribution is 7.61. The number of amidine groups is 1. The summed E-state index contributed by atoms with van der Waals surface area (Å²) in [7, 11) is -2.67. The molecule has 35 heavy (non-hydrogen) atoms. The zero-order chi connectivity index (χ0) is 25.5. The van der Waals surface area contributed by atoms with E-state index in [1.807, 2.05) is 12.1 Å². The summed E-state index contributed by atoms with van der Waals surface area (Å²) >= 11 is 11.2. The van der Waals surface area contributed by atoms with E-state index in [1.54, 1.807) is 48.5 Å². The standard InChI is InChI=1S/C18H13N3O5S.C6H4Cl2/c19-17(20)12-2-1-11-8-14(5-3-10(11)7-12)26-16-9-13(21-27(24)25)4-6-15(16)18(22)23;7-5-3-1-2-4-6(5)8/h1-9H,(H3,19,20)(H,22,23);1-4H. The van der Waals surface area contributed by atoms with Gasteiger partial charge in [0.25, 0.3) is 0 Å². The molecule has 0 bridgehead atoms. The molecule has 4 rings (SSSR count). The Hall–Kier alpha value is -3.92. The largest absolute Gasteiger partial charge is 0.478 e. The predicted octanol–water partition coefficient (Wildman–Crippen LogP) is 6.30. The van der Waals surface area contributed by atoms with Crippen LogP contribution in [0.15, 0.2) is 83.2 Å². The number of carboxylic acids is 1. The van der Waals surface area contributed by atoms with E-state index in [0.717, 1.165) is 10.8 Å². The number of nitrogens with two attached hydrogens (primary N) is 1. The van der Waals surface area contributed by atoms with Gasteiger partial charge in [-0.1, -0.05) is 53.5 Å². The molecule has 0 fully saturated rings. The Kier molecular flexibility index (Phi) is 8.43. The second-order valence-corrected chi connectivity index (χ2v) is 8.38. The molecule has 0 radical (unpaired) electrons. The lowest BCUT2D eigenvalue weighted by Gasteiger charge is -2.10. The fourth-order valence-corrected chi connectivity index (χ4v) is 3.49. The van der Waals surface area contributed by atoms with Crippen molar-refractivity contribution in [1.82, 2.24) is 0 Å². The van der Waals surface area contributed by atoms with Gasteiger partial charge in [-0.15, -0.1) is 4.36 Å². The molecule has 0 aliphatic carbocycles. The molecule has 4 N–H and O–H groups in total. The topological polar surface area (TPSA) is 143 Å². The third kappa shape index (κ3) is 7.03. The molecule has 0 aliphatic heterocycles. The number of nitrogen functional groups attached to an aromatic ring is 1. The van der Waals surface area contributed by atoms with E-state index in [0.29, 0.717) is 21.4 Å². The van der Waals surface area contributed by atoms with Crippen molar-refractivity contribution >= 4 is 62.0 Å². The molecular weight excluding hydrogens is 513 g/mol. The number of fused-ring (bicyclic) bond motifs is 1. The summed E-state index contributed by atoms with van der Waals surface area (Å²) in [6.45, 7) is 0. The Morgan fingerprint density at radius 3 is 2.11 bits per heavy atom. The van der Waals surface area contributed by atoms with Gasteiger partial charge in [-0.05, 0) is 53.2 Å². The third-order valence-corrected chi connectivity index (χ3v) is 5.67. The molecule has 4 aromatic carbocycles. The number of nitrogens with one attached hydrogen (secondary N) is 1. The molecule has 0 aromatic heterocycles. The van der Waals surface area contributed by atoms with Crippen molar-refractivity contribution in [1.29, 1.82) is 5.41 Å². The Labute approximate surface area is 211 Å². The Morgan fingerprint density at radius 2 is 1.54 bits per heavy atom. The minimum absolute atomic E-state index is 0.0334. The van der Waals surface area contributed by atoms with Crippen LogP contribution in [0.1, 0.15) is 15.9 Å². The molecule has 11 heteroatoms. The van der Waals surface area contributed by atoms with Crippen LogP contribution >= 0.6 is 23.2 Å². The maximum atomic E-state index is 11.4. The van der Waals surface area contributed by atoms with Crippen molar-refractivity contribution in [2.24, 2.45) is 10.1 Å². The van der Waals surface area contributed by atoms with Crippen LogP contribution < -0.4 is 10.5 Å². The zero-order valence-electron chi connectivity index (χ0n) is 17.8. The lowest BCUT2D eigenvalue weighted by atomic mass is 10.1. The van der Waals surface area contributed by atoms with Crippen LogP contribution in [-0.4, -0.2) is 25.3 Å². The number of hydrogen-bond donors (Lipinski definition) is 3. The Morgan fingerprint density at radius 1 is 0.914 bits per heavy atom. The number of halogens is 2. The fourth-order valence-electron chi connectivity index (χ4n) is 2.94. The molecule has 0 saturated heterocycles. The maximum absolute atomic E-state index is 11.4. The molecule has 8 nitrogen and oxygen atoms in total. The van der Waals surface area contributed by atoms with Crippen LogP contribution in [0.2, 0.25) is 10.0 Å². The normalized spacial score (nSPS) is 10.1. The summed E-state index contributed by atoms with van der Waals surface area (Å²) in [6.07, 6.45) is 0. The monoisotopic (exact) mass is 529 g/mol. The summed E-state index contributed by atoms with van der Waals surface area (Å²) in [4.78, 5) is 11.4. The van der Waals surface area contributed by atoms with Crippen molar-refractivity contribution < 1.29 is 23.1 Å². The summed E-state index contributed by atoms with van der Waals surface area (Å²) in [5, 5.41) is 19.6. The Bertz CT molecular complexity index is 1540. The van der Waals surface area contributed by atoms with Gasteiger partial charge in [0.2, 0.25) is 0 Å². The van der Waals surface area contributed by atoms with Crippen LogP contribution in [0.25, 0.3) is 10.8 Å². The van der Waals surface area contributed by atoms with Crippen molar-refractivity contribution in [2.75, 3.05) is 0 Å². The SMILES string of the molecule is Clc1ccccc1Cl.N=C(N)c1ccc2cc(Oc3cc(N=S(=O)=O)ccc3C(=O)O)ccc2c1. The summed E-state index contributed by atoms with van der Waals surface area (Å²) < 4.78 is 30.5. The first-order chi connectivity index (χ1) is 16.6. The molecule has 0 amide bonds. The van der Waals surface area contributed by atoms with E-state index in [9.17, 15) is 18.3 Å². The van der Waals surface area contributed by atoms with Crippen LogP contribution in [0.4, 0.5) is 5.69 Å². The molecule has 0 spiro atoms. The van der Waals surface area contributed by atoms with Crippen molar-refractivity contribution in [3.63, 3.8) is 0 Å². The van der Waals surface area contributed by atoms with Crippen LogP contribution in [0.5, 0.6) is 11.5 Å². The maximum Gasteiger partial charge on any atom is 0.339 e. The van der Waals surface area contributed by atoms with E-state index < -0.39 is 16.5 Å². The van der Waals surface area contributed by atoms with Gasteiger partial charge < -0.3 is 15.6 Å². The Balaban J connectivity index is 0.000000363. The van der Waals surface area contributed by atoms with E-state index in [2.05, 4.69) is 4.36 Å². The number of ether oxygens (including phenoxy) is 1. The molecule has 4 aromatic rings. The quantitative estimate of drug-likeness (QED) is 0.204. The summed E-state index contributed by atoms with van der Waals surface area (Å²) in [5.74, 6) is -0.929. The van der Waals surface area contributed by atoms with Crippen molar-refractivity contribution in [2.45, 2.75) is 0 Å². The van der Waals surface area contributed by atoms with E-state index in [4.69, 9.17) is 39.1 Å². The van der Waals surface area contributed by atoms with Gasteiger partial charge in [0.15, 0.2) is 0 Å². The van der Waals surface area contributed by atoms with Gasteiger partial charge in [0.05, 0.1) is 15.7 Å². The molecule has 0 atom stereocenters. The number of nitrogens with zero attached hydrogens (tertiary/aromatic N) is 1. The second-order valence-electron chi connectivity index (χ2n) is 6.95. The van der Waals surface area contributed by atoms with Crippen molar-refractivity contribution in [3.8, 4) is 11.5 Å². The van der Waals surface area contributed by atoms with Crippen molar-refractivity contribution in [3.05, 3.63) is 100 Å². The predicted molar refractivity (Wildman–Crippen MR) is 136 cm³/mol. The molecule has 0 heterocycles. The van der Waals surface area contributed by atoms with Gasteiger partial charge in [-0.25, -0.2) is 4.79 Å². The molecule has 0 unspecified atom stereocenters. The minimum atomic E-state index is -2.67. The molecular formula is C24H17Cl2N3O5S.